The molecule has 0 saturated heterocycles. The lowest BCUT2D eigenvalue weighted by molar-refractivity contribution is -0.129. The van der Waals surface area contributed by atoms with E-state index in [9.17, 15) is 4.79 Å². The molecule has 1 atom stereocenters. The van der Waals surface area contributed by atoms with E-state index in [1.807, 2.05) is 72.8 Å². The highest BCUT2D eigenvalue weighted by Crippen LogP contribution is 2.40. The SMILES string of the molecule is COc1cccc(Oc2cccc(C3(c4ccccc4)N=C(N)N(C)C3=O)c2)c1. The van der Waals surface area contributed by atoms with Crippen molar-refractivity contribution in [3.05, 3.63) is 90.0 Å². The summed E-state index contributed by atoms with van der Waals surface area (Å²) in [5.74, 6) is 1.89. The summed E-state index contributed by atoms with van der Waals surface area (Å²) >= 11 is 0. The molecule has 0 radical (unpaired) electrons. The minimum absolute atomic E-state index is 0.179. The Morgan fingerprint density at radius 2 is 1.48 bits per heavy atom. The molecule has 1 amide bonds. The van der Waals surface area contributed by atoms with Gasteiger partial charge in [-0.05, 0) is 35.4 Å². The lowest BCUT2D eigenvalue weighted by Gasteiger charge is -2.26. The zero-order valence-corrected chi connectivity index (χ0v) is 16.2. The summed E-state index contributed by atoms with van der Waals surface area (Å²) in [6.07, 6.45) is 0. The molecule has 3 aromatic rings. The molecule has 0 aromatic heterocycles. The first-order valence-electron chi connectivity index (χ1n) is 9.16. The highest BCUT2D eigenvalue weighted by molar-refractivity contribution is 6.08. The molecule has 1 heterocycles. The van der Waals surface area contributed by atoms with E-state index in [-0.39, 0.29) is 11.9 Å². The predicted molar refractivity (Wildman–Crippen MR) is 111 cm³/mol. The fourth-order valence-electron chi connectivity index (χ4n) is 3.45. The molecule has 1 unspecified atom stereocenters. The van der Waals surface area contributed by atoms with Gasteiger partial charge in [-0.3, -0.25) is 9.69 Å². The van der Waals surface area contributed by atoms with E-state index in [4.69, 9.17) is 15.2 Å². The molecule has 146 valence electrons. The first-order chi connectivity index (χ1) is 14.0. The predicted octanol–water partition coefficient (Wildman–Crippen LogP) is 3.52. The molecule has 0 saturated carbocycles. The van der Waals surface area contributed by atoms with Crippen LogP contribution in [-0.2, 0) is 10.3 Å². The van der Waals surface area contributed by atoms with E-state index in [2.05, 4.69) is 4.99 Å². The average Bonchev–Trinajstić information content (AvgIpc) is 2.99. The monoisotopic (exact) mass is 387 g/mol. The summed E-state index contributed by atoms with van der Waals surface area (Å²) in [5, 5.41) is 0. The number of hydrogen-bond acceptors (Lipinski definition) is 5. The summed E-state index contributed by atoms with van der Waals surface area (Å²) in [6.45, 7) is 0. The highest BCUT2D eigenvalue weighted by Gasteiger charge is 2.49. The van der Waals surface area contributed by atoms with Gasteiger partial charge in [0.25, 0.3) is 5.91 Å². The number of rotatable bonds is 5. The number of carbonyl (C=O) groups excluding carboxylic acids is 1. The van der Waals surface area contributed by atoms with Crippen LogP contribution in [0.25, 0.3) is 0 Å². The second-order valence-corrected chi connectivity index (χ2v) is 6.72. The Labute approximate surface area is 169 Å². The van der Waals surface area contributed by atoms with Crippen molar-refractivity contribution in [3.63, 3.8) is 0 Å². The number of amides is 1. The Hall–Kier alpha value is -3.80. The molecule has 0 spiro atoms. The molecule has 0 bridgehead atoms. The van der Waals surface area contributed by atoms with Crippen molar-refractivity contribution in [3.8, 4) is 17.2 Å². The topological polar surface area (TPSA) is 77.2 Å². The van der Waals surface area contributed by atoms with Crippen LogP contribution < -0.4 is 15.2 Å². The standard InChI is InChI=1S/C23H21N3O3/c1-26-21(27)23(25-22(26)24,16-8-4-3-5-9-16)17-10-6-12-19(14-17)29-20-13-7-11-18(15-20)28-2/h3-15H,1-2H3,(H2,24,25). The Balaban J connectivity index is 1.79. The van der Waals surface area contributed by atoms with Crippen LogP contribution in [-0.4, -0.2) is 30.9 Å². The molecule has 1 aliphatic rings. The van der Waals surface area contributed by atoms with Gasteiger partial charge in [0.05, 0.1) is 7.11 Å². The first kappa shape index (κ1) is 18.6. The molecule has 1 aliphatic heterocycles. The maximum Gasteiger partial charge on any atom is 0.266 e. The number of hydrogen-bond donors (Lipinski definition) is 1. The Morgan fingerprint density at radius 1 is 0.862 bits per heavy atom. The van der Waals surface area contributed by atoms with Crippen molar-refractivity contribution >= 4 is 11.9 Å². The van der Waals surface area contributed by atoms with Crippen molar-refractivity contribution < 1.29 is 14.3 Å². The lowest BCUT2D eigenvalue weighted by Crippen LogP contribution is -2.41. The summed E-state index contributed by atoms with van der Waals surface area (Å²) < 4.78 is 11.3. The fourth-order valence-corrected chi connectivity index (χ4v) is 3.45. The number of nitrogens with zero attached hydrogens (tertiary/aromatic N) is 2. The van der Waals surface area contributed by atoms with E-state index in [0.29, 0.717) is 22.8 Å². The van der Waals surface area contributed by atoms with E-state index >= 15 is 0 Å². The molecular weight excluding hydrogens is 366 g/mol. The molecule has 6 nitrogen and oxygen atoms in total. The highest BCUT2D eigenvalue weighted by atomic mass is 16.5. The van der Waals surface area contributed by atoms with Gasteiger partial charge in [0, 0.05) is 13.1 Å². The van der Waals surface area contributed by atoms with Crippen LogP contribution in [0.3, 0.4) is 0 Å². The minimum atomic E-state index is -1.24. The fraction of sp³-hybridized carbons (Fsp3) is 0.130. The van der Waals surface area contributed by atoms with Crippen LogP contribution in [0.1, 0.15) is 11.1 Å². The van der Waals surface area contributed by atoms with Crippen LogP contribution in [0.2, 0.25) is 0 Å². The third-order valence-corrected chi connectivity index (χ3v) is 4.96. The Morgan fingerprint density at radius 3 is 2.14 bits per heavy atom. The first-order valence-corrected chi connectivity index (χ1v) is 9.16. The second kappa shape index (κ2) is 7.31. The van der Waals surface area contributed by atoms with E-state index in [1.165, 1.54) is 4.90 Å². The molecule has 0 aliphatic carbocycles. The number of carbonyl (C=O) groups is 1. The smallest absolute Gasteiger partial charge is 0.266 e. The van der Waals surface area contributed by atoms with Gasteiger partial charge in [0.15, 0.2) is 11.5 Å². The summed E-state index contributed by atoms with van der Waals surface area (Å²) in [7, 11) is 3.23. The van der Waals surface area contributed by atoms with Crippen molar-refractivity contribution in [2.45, 2.75) is 5.54 Å². The quantitative estimate of drug-likeness (QED) is 0.727. The normalized spacial score (nSPS) is 18.5. The van der Waals surface area contributed by atoms with Crippen LogP contribution in [0, 0.1) is 0 Å². The van der Waals surface area contributed by atoms with Gasteiger partial charge in [-0.15, -0.1) is 0 Å². The zero-order valence-electron chi connectivity index (χ0n) is 16.2. The van der Waals surface area contributed by atoms with Crippen molar-refractivity contribution in [1.29, 1.82) is 0 Å². The van der Waals surface area contributed by atoms with Gasteiger partial charge in [0.2, 0.25) is 0 Å². The number of nitrogens with two attached hydrogens (primary N) is 1. The van der Waals surface area contributed by atoms with E-state index in [0.717, 1.165) is 5.56 Å². The molecule has 29 heavy (non-hydrogen) atoms. The van der Waals surface area contributed by atoms with Gasteiger partial charge in [-0.1, -0.05) is 48.5 Å². The van der Waals surface area contributed by atoms with Crippen molar-refractivity contribution in [1.82, 2.24) is 4.90 Å². The van der Waals surface area contributed by atoms with E-state index < -0.39 is 5.54 Å². The Kier molecular flexibility index (Phi) is 4.68. The lowest BCUT2D eigenvalue weighted by atomic mass is 9.83. The molecule has 4 rings (SSSR count). The van der Waals surface area contributed by atoms with Crippen molar-refractivity contribution in [2.75, 3.05) is 14.2 Å². The summed E-state index contributed by atoms with van der Waals surface area (Å²) in [5.41, 5.74) is 6.21. The van der Waals surface area contributed by atoms with Crippen LogP contribution in [0.15, 0.2) is 83.9 Å². The summed E-state index contributed by atoms with van der Waals surface area (Å²) in [6, 6.07) is 24.1. The van der Waals surface area contributed by atoms with E-state index in [1.54, 1.807) is 20.2 Å². The Bertz CT molecular complexity index is 1080. The van der Waals surface area contributed by atoms with Crippen molar-refractivity contribution in [2.24, 2.45) is 10.7 Å². The summed E-state index contributed by atoms with van der Waals surface area (Å²) in [4.78, 5) is 19.2. The van der Waals surface area contributed by atoms with Gasteiger partial charge >= 0.3 is 0 Å². The molecule has 0 fully saturated rings. The number of guanidine groups is 1. The van der Waals surface area contributed by atoms with Crippen LogP contribution in [0.4, 0.5) is 0 Å². The number of ether oxygens (including phenoxy) is 2. The van der Waals surface area contributed by atoms with Gasteiger partial charge in [-0.2, -0.15) is 0 Å². The number of benzene rings is 3. The maximum absolute atomic E-state index is 13.3. The molecule has 2 N–H and O–H groups in total. The van der Waals surface area contributed by atoms with Gasteiger partial charge in [-0.25, -0.2) is 4.99 Å². The third kappa shape index (κ3) is 3.18. The minimum Gasteiger partial charge on any atom is -0.497 e. The van der Waals surface area contributed by atoms with Crippen LogP contribution >= 0.6 is 0 Å². The number of likely N-dealkylation sites (N-methyl/N-ethyl adjacent to an activating group) is 1. The van der Waals surface area contributed by atoms with Gasteiger partial charge in [0.1, 0.15) is 17.2 Å². The third-order valence-electron chi connectivity index (χ3n) is 4.96. The zero-order chi connectivity index (χ0) is 20.4. The molecule has 6 heteroatoms. The largest absolute Gasteiger partial charge is 0.497 e. The van der Waals surface area contributed by atoms with Gasteiger partial charge < -0.3 is 15.2 Å². The molecule has 3 aromatic carbocycles. The maximum atomic E-state index is 13.3. The second-order valence-electron chi connectivity index (χ2n) is 6.72. The molecular formula is C23H21N3O3. The number of methoxy groups -OCH3 is 1. The average molecular weight is 387 g/mol. The number of aliphatic imine (C=N–C) groups is 1. The van der Waals surface area contributed by atoms with Crippen LogP contribution in [0.5, 0.6) is 17.2 Å².